The molecule has 0 aromatic heterocycles. The van der Waals surface area contributed by atoms with Crippen molar-refractivity contribution in [3.05, 3.63) is 28.2 Å². The van der Waals surface area contributed by atoms with E-state index in [4.69, 9.17) is 28.9 Å². The van der Waals surface area contributed by atoms with Crippen molar-refractivity contribution in [2.75, 3.05) is 18.4 Å². The Morgan fingerprint density at radius 3 is 2.78 bits per heavy atom. The number of benzene rings is 1. The summed E-state index contributed by atoms with van der Waals surface area (Å²) in [7, 11) is 0. The van der Waals surface area contributed by atoms with Gasteiger partial charge in [-0.2, -0.15) is 0 Å². The van der Waals surface area contributed by atoms with E-state index in [1.165, 1.54) is 0 Å². The van der Waals surface area contributed by atoms with E-state index in [0.717, 1.165) is 0 Å². The third-order valence-corrected chi connectivity index (χ3v) is 4.64. The number of amides is 2. The number of likely N-dealkylation sites (tertiary alicyclic amines) is 1. The van der Waals surface area contributed by atoms with Crippen molar-refractivity contribution >= 4 is 40.7 Å². The molecule has 1 aliphatic heterocycles. The van der Waals surface area contributed by atoms with E-state index in [2.05, 4.69) is 5.32 Å². The van der Waals surface area contributed by atoms with Crippen molar-refractivity contribution in [2.24, 2.45) is 5.73 Å². The van der Waals surface area contributed by atoms with E-state index in [0.29, 0.717) is 35.1 Å². The van der Waals surface area contributed by atoms with E-state index >= 15 is 0 Å². The van der Waals surface area contributed by atoms with Crippen LogP contribution < -0.4 is 11.1 Å². The second kappa shape index (κ2) is 7.05. The number of nitrogens with one attached hydrogen (secondary N) is 1. The molecule has 1 aliphatic rings. The van der Waals surface area contributed by atoms with Crippen LogP contribution in [0.3, 0.4) is 0 Å². The lowest BCUT2D eigenvalue weighted by atomic mass is 9.91. The zero-order valence-corrected chi connectivity index (χ0v) is 14.2. The molecule has 8 heteroatoms. The number of carbonyl (C=O) groups excluding carboxylic acids is 2. The van der Waals surface area contributed by atoms with Crippen LogP contribution >= 0.6 is 23.2 Å². The van der Waals surface area contributed by atoms with E-state index < -0.39 is 17.6 Å². The predicted octanol–water partition coefficient (Wildman–Crippen LogP) is 1.63. The third kappa shape index (κ3) is 4.14. The largest absolute Gasteiger partial charge is 0.379 e. The van der Waals surface area contributed by atoms with Gasteiger partial charge < -0.3 is 16.2 Å². The van der Waals surface area contributed by atoms with Crippen LogP contribution in [0, 0.1) is 0 Å². The lowest BCUT2D eigenvalue weighted by Crippen LogP contribution is -2.59. The van der Waals surface area contributed by atoms with Crippen molar-refractivity contribution in [3.8, 4) is 0 Å². The Morgan fingerprint density at radius 1 is 1.43 bits per heavy atom. The van der Waals surface area contributed by atoms with Crippen LogP contribution in [-0.4, -0.2) is 46.6 Å². The van der Waals surface area contributed by atoms with Crippen molar-refractivity contribution in [3.63, 3.8) is 0 Å². The van der Waals surface area contributed by atoms with E-state index in [1.54, 1.807) is 30.0 Å². The van der Waals surface area contributed by atoms with Crippen LogP contribution in [0.4, 0.5) is 5.69 Å². The number of halogens is 2. The molecule has 1 heterocycles. The number of nitrogens with two attached hydrogens (primary N) is 1. The molecular formula is C15H19Cl2N3O3. The van der Waals surface area contributed by atoms with Gasteiger partial charge in [-0.05, 0) is 44.5 Å². The number of nitrogens with zero attached hydrogens (tertiary/aromatic N) is 1. The van der Waals surface area contributed by atoms with Crippen molar-refractivity contribution in [1.82, 2.24) is 4.90 Å². The van der Waals surface area contributed by atoms with Crippen molar-refractivity contribution in [2.45, 2.75) is 31.4 Å². The average Bonchev–Trinajstić information content (AvgIpc) is 2.50. The second-order valence-corrected chi connectivity index (χ2v) is 6.60. The van der Waals surface area contributed by atoms with Gasteiger partial charge in [-0.1, -0.05) is 23.2 Å². The van der Waals surface area contributed by atoms with E-state index in [-0.39, 0.29) is 12.5 Å². The maximum Gasteiger partial charge on any atom is 0.250 e. The van der Waals surface area contributed by atoms with Crippen LogP contribution in [0.25, 0.3) is 0 Å². The molecular weight excluding hydrogens is 341 g/mol. The average molecular weight is 360 g/mol. The number of hydrogen-bond acceptors (Lipinski definition) is 4. The molecule has 1 fully saturated rings. The first-order valence-corrected chi connectivity index (χ1v) is 8.01. The number of carbonyl (C=O) groups is 2. The first-order chi connectivity index (χ1) is 10.7. The number of piperidine rings is 1. The molecule has 126 valence electrons. The van der Waals surface area contributed by atoms with Crippen LogP contribution in [0.1, 0.15) is 19.8 Å². The van der Waals surface area contributed by atoms with Gasteiger partial charge in [0.25, 0.3) is 5.91 Å². The molecule has 1 saturated heterocycles. The molecule has 23 heavy (non-hydrogen) atoms. The van der Waals surface area contributed by atoms with Crippen LogP contribution in [0.2, 0.25) is 10.0 Å². The SMILES string of the molecule is CC(C(=O)Nc1cc(Cl)ccc1Cl)N1CCCC(O)(C(N)=O)C1. The molecule has 4 N–H and O–H groups in total. The maximum atomic E-state index is 12.4. The van der Waals surface area contributed by atoms with Crippen LogP contribution in [0.15, 0.2) is 18.2 Å². The van der Waals surface area contributed by atoms with Crippen molar-refractivity contribution in [1.29, 1.82) is 0 Å². The van der Waals surface area contributed by atoms with Crippen LogP contribution in [-0.2, 0) is 9.59 Å². The molecule has 2 rings (SSSR count). The monoisotopic (exact) mass is 359 g/mol. The van der Waals surface area contributed by atoms with Crippen molar-refractivity contribution < 1.29 is 14.7 Å². The maximum absolute atomic E-state index is 12.4. The normalized spacial score (nSPS) is 23.3. The predicted molar refractivity (Wildman–Crippen MR) is 89.5 cm³/mol. The molecule has 0 saturated carbocycles. The van der Waals surface area contributed by atoms with Gasteiger partial charge >= 0.3 is 0 Å². The highest BCUT2D eigenvalue weighted by Gasteiger charge is 2.41. The van der Waals surface area contributed by atoms with E-state index in [9.17, 15) is 14.7 Å². The molecule has 6 nitrogen and oxygen atoms in total. The number of β-amino-alcohol motifs (C(OH)–C–C–N with tert-alkyl or cyclic N) is 1. The summed E-state index contributed by atoms with van der Waals surface area (Å²) in [6, 6.07) is 4.22. The first-order valence-electron chi connectivity index (χ1n) is 7.25. The molecule has 0 bridgehead atoms. The Bertz CT molecular complexity index is 626. The molecule has 2 atom stereocenters. The fraction of sp³-hybridized carbons (Fsp3) is 0.467. The highest BCUT2D eigenvalue weighted by Crippen LogP contribution is 2.27. The summed E-state index contributed by atoms with van der Waals surface area (Å²) in [6.07, 6.45) is 0.877. The standard InChI is InChI=1S/C15H19Cl2N3O3/c1-9(20-6-2-5-15(23,8-20)14(18)22)13(21)19-12-7-10(16)3-4-11(12)17/h3-4,7,9,23H,2,5-6,8H2,1H3,(H2,18,22)(H,19,21). The minimum absolute atomic E-state index is 0.0280. The van der Waals surface area contributed by atoms with Gasteiger partial charge in [0.05, 0.1) is 16.8 Å². The molecule has 0 radical (unpaired) electrons. The summed E-state index contributed by atoms with van der Waals surface area (Å²) in [5, 5.41) is 13.8. The molecule has 0 spiro atoms. The molecule has 2 unspecified atom stereocenters. The Hall–Kier alpha value is -1.34. The van der Waals surface area contributed by atoms with Gasteiger partial charge in [0.1, 0.15) is 0 Å². The number of aliphatic hydroxyl groups is 1. The number of primary amides is 1. The lowest BCUT2D eigenvalue weighted by molar-refractivity contribution is -0.144. The summed E-state index contributed by atoms with van der Waals surface area (Å²) in [5.74, 6) is -1.07. The van der Waals surface area contributed by atoms with Gasteiger partial charge in [0.2, 0.25) is 5.91 Å². The van der Waals surface area contributed by atoms with Gasteiger partial charge in [0.15, 0.2) is 5.60 Å². The lowest BCUT2D eigenvalue weighted by Gasteiger charge is -2.39. The number of anilines is 1. The fourth-order valence-electron chi connectivity index (χ4n) is 2.60. The highest BCUT2D eigenvalue weighted by atomic mass is 35.5. The summed E-state index contributed by atoms with van der Waals surface area (Å²) < 4.78 is 0. The van der Waals surface area contributed by atoms with Gasteiger partial charge in [-0.25, -0.2) is 0 Å². The highest BCUT2D eigenvalue weighted by molar-refractivity contribution is 6.35. The molecule has 1 aromatic carbocycles. The topological polar surface area (TPSA) is 95.7 Å². The third-order valence-electron chi connectivity index (χ3n) is 4.07. The Labute approximate surface area is 144 Å². The minimum atomic E-state index is -1.60. The first kappa shape index (κ1) is 18.0. The summed E-state index contributed by atoms with van der Waals surface area (Å²) >= 11 is 11.9. The van der Waals surface area contributed by atoms with Gasteiger partial charge in [-0.15, -0.1) is 0 Å². The quantitative estimate of drug-likeness (QED) is 0.761. The molecule has 2 amide bonds. The Morgan fingerprint density at radius 2 is 2.13 bits per heavy atom. The zero-order chi connectivity index (χ0) is 17.2. The summed E-state index contributed by atoms with van der Waals surface area (Å²) in [5.41, 5.74) is 4.07. The minimum Gasteiger partial charge on any atom is -0.379 e. The Kier molecular flexibility index (Phi) is 5.52. The van der Waals surface area contributed by atoms with Crippen LogP contribution in [0.5, 0.6) is 0 Å². The fourth-order valence-corrected chi connectivity index (χ4v) is 2.93. The second-order valence-electron chi connectivity index (χ2n) is 5.76. The summed E-state index contributed by atoms with van der Waals surface area (Å²) in [4.78, 5) is 25.5. The van der Waals surface area contributed by atoms with E-state index in [1.807, 2.05) is 0 Å². The molecule has 0 aliphatic carbocycles. The Balaban J connectivity index is 2.07. The number of hydrogen-bond donors (Lipinski definition) is 3. The smallest absolute Gasteiger partial charge is 0.250 e. The van der Waals surface area contributed by atoms with Gasteiger partial charge in [0, 0.05) is 11.6 Å². The summed E-state index contributed by atoms with van der Waals surface area (Å²) in [6.45, 7) is 2.31. The number of rotatable bonds is 4. The van der Waals surface area contributed by atoms with Gasteiger partial charge in [-0.3, -0.25) is 14.5 Å². The molecule has 1 aromatic rings. The zero-order valence-electron chi connectivity index (χ0n) is 12.7.